The number of nitrogens with one attached hydrogen (secondary N) is 1. The highest BCUT2D eigenvalue weighted by atomic mass is 16.5. The first-order chi connectivity index (χ1) is 14.5. The van der Waals surface area contributed by atoms with Crippen LogP contribution >= 0.6 is 0 Å². The van der Waals surface area contributed by atoms with Gasteiger partial charge in [0.25, 0.3) is 5.91 Å². The van der Waals surface area contributed by atoms with Crippen molar-refractivity contribution in [2.45, 2.75) is 0 Å². The van der Waals surface area contributed by atoms with Crippen molar-refractivity contribution in [3.8, 4) is 28.5 Å². The zero-order valence-corrected chi connectivity index (χ0v) is 17.1. The van der Waals surface area contributed by atoms with Crippen LogP contribution in [-0.2, 0) is 9.53 Å². The minimum Gasteiger partial charge on any atom is -0.493 e. The molecule has 0 aliphatic rings. The molecule has 0 fully saturated rings. The molecule has 1 aromatic heterocycles. The van der Waals surface area contributed by atoms with Gasteiger partial charge in [-0.25, -0.2) is 4.98 Å². The topological polar surface area (TPSA) is 96.0 Å². The maximum absolute atomic E-state index is 12.8. The second-order valence-corrected chi connectivity index (χ2v) is 6.25. The minimum atomic E-state index is -0.536. The van der Waals surface area contributed by atoms with E-state index in [-0.39, 0.29) is 6.54 Å². The summed E-state index contributed by atoms with van der Waals surface area (Å²) in [5.74, 6) is 0.455. The van der Waals surface area contributed by atoms with Gasteiger partial charge in [0.05, 0.1) is 45.2 Å². The Morgan fingerprint density at radius 1 is 0.933 bits per heavy atom. The van der Waals surface area contributed by atoms with Crippen molar-refractivity contribution < 1.29 is 28.5 Å². The van der Waals surface area contributed by atoms with E-state index in [9.17, 15) is 9.59 Å². The average Bonchev–Trinajstić information content (AvgIpc) is 2.80. The lowest BCUT2D eigenvalue weighted by atomic mass is 10.0. The van der Waals surface area contributed by atoms with Crippen molar-refractivity contribution in [1.82, 2.24) is 10.3 Å². The molecular formula is C22H22N2O6. The Morgan fingerprint density at radius 2 is 1.60 bits per heavy atom. The summed E-state index contributed by atoms with van der Waals surface area (Å²) in [6, 6.07) is 12.5. The number of benzene rings is 2. The number of pyridine rings is 1. The van der Waals surface area contributed by atoms with Gasteiger partial charge in [0.15, 0.2) is 11.5 Å². The molecule has 0 saturated carbocycles. The number of carbonyl (C=O) groups excluding carboxylic acids is 2. The van der Waals surface area contributed by atoms with E-state index in [0.29, 0.717) is 45.0 Å². The number of hydrogen-bond acceptors (Lipinski definition) is 7. The van der Waals surface area contributed by atoms with Crippen LogP contribution in [0.2, 0.25) is 0 Å². The number of nitrogens with zero attached hydrogens (tertiary/aromatic N) is 1. The van der Waals surface area contributed by atoms with E-state index in [1.165, 1.54) is 28.4 Å². The molecular weight excluding hydrogens is 388 g/mol. The Labute approximate surface area is 173 Å². The Kier molecular flexibility index (Phi) is 6.36. The van der Waals surface area contributed by atoms with Gasteiger partial charge in [-0.05, 0) is 24.3 Å². The quantitative estimate of drug-likeness (QED) is 0.598. The van der Waals surface area contributed by atoms with Crippen molar-refractivity contribution in [1.29, 1.82) is 0 Å². The summed E-state index contributed by atoms with van der Waals surface area (Å²) in [6.45, 7) is -0.231. The number of para-hydroxylation sites is 1. The molecule has 0 saturated heterocycles. The highest BCUT2D eigenvalue weighted by Crippen LogP contribution is 2.41. The van der Waals surface area contributed by atoms with E-state index < -0.39 is 11.9 Å². The number of methoxy groups -OCH3 is 4. The van der Waals surface area contributed by atoms with Crippen LogP contribution in [0.5, 0.6) is 17.2 Å². The van der Waals surface area contributed by atoms with Crippen molar-refractivity contribution in [3.63, 3.8) is 0 Å². The van der Waals surface area contributed by atoms with E-state index >= 15 is 0 Å². The Morgan fingerprint density at radius 3 is 2.20 bits per heavy atom. The fourth-order valence-corrected chi connectivity index (χ4v) is 3.06. The van der Waals surface area contributed by atoms with Crippen LogP contribution in [0.3, 0.4) is 0 Å². The van der Waals surface area contributed by atoms with Gasteiger partial charge in [0.2, 0.25) is 5.75 Å². The maximum atomic E-state index is 12.8. The van der Waals surface area contributed by atoms with Crippen molar-refractivity contribution in [2.75, 3.05) is 35.0 Å². The number of amides is 1. The number of fused-ring (bicyclic) bond motifs is 1. The second kappa shape index (κ2) is 9.13. The molecule has 0 atom stereocenters. The lowest BCUT2D eigenvalue weighted by molar-refractivity contribution is -0.139. The lowest BCUT2D eigenvalue weighted by Gasteiger charge is -2.15. The van der Waals surface area contributed by atoms with Crippen LogP contribution in [0.4, 0.5) is 0 Å². The number of esters is 1. The largest absolute Gasteiger partial charge is 0.493 e. The lowest BCUT2D eigenvalue weighted by Crippen LogP contribution is -2.30. The van der Waals surface area contributed by atoms with Gasteiger partial charge in [-0.1, -0.05) is 18.2 Å². The van der Waals surface area contributed by atoms with E-state index in [1.807, 2.05) is 18.2 Å². The van der Waals surface area contributed by atoms with Gasteiger partial charge in [-0.2, -0.15) is 0 Å². The standard InChI is InChI=1S/C22H22N2O6/c1-27-18-9-13(10-19(28-2)21(18)30-4)17-11-15(22(26)23-12-20(25)29-3)14-7-5-6-8-16(14)24-17/h5-11H,12H2,1-4H3,(H,23,26). The molecule has 30 heavy (non-hydrogen) atoms. The third-order valence-corrected chi connectivity index (χ3v) is 4.54. The smallest absolute Gasteiger partial charge is 0.325 e. The second-order valence-electron chi connectivity index (χ2n) is 6.25. The summed E-state index contributed by atoms with van der Waals surface area (Å²) >= 11 is 0. The summed E-state index contributed by atoms with van der Waals surface area (Å²) in [5, 5.41) is 3.24. The SMILES string of the molecule is COC(=O)CNC(=O)c1cc(-c2cc(OC)c(OC)c(OC)c2)nc2ccccc12. The van der Waals surface area contributed by atoms with Crippen molar-refractivity contribution >= 4 is 22.8 Å². The van der Waals surface area contributed by atoms with Crippen LogP contribution in [0.15, 0.2) is 42.5 Å². The molecule has 8 nitrogen and oxygen atoms in total. The normalized spacial score (nSPS) is 10.4. The number of carbonyl (C=O) groups is 2. The van der Waals surface area contributed by atoms with Gasteiger partial charge in [-0.3, -0.25) is 9.59 Å². The highest BCUT2D eigenvalue weighted by Gasteiger charge is 2.18. The fraction of sp³-hybridized carbons (Fsp3) is 0.227. The number of aromatic nitrogens is 1. The molecule has 0 aliphatic heterocycles. The number of hydrogen-bond donors (Lipinski definition) is 1. The molecule has 156 valence electrons. The summed E-state index contributed by atoms with van der Waals surface area (Å²) < 4.78 is 20.8. The molecule has 3 rings (SSSR count). The maximum Gasteiger partial charge on any atom is 0.325 e. The van der Waals surface area contributed by atoms with Crippen LogP contribution in [0.25, 0.3) is 22.2 Å². The first kappa shape index (κ1) is 20.9. The van der Waals surface area contributed by atoms with Crippen LogP contribution in [0, 0.1) is 0 Å². The van der Waals surface area contributed by atoms with E-state index in [0.717, 1.165) is 0 Å². The van der Waals surface area contributed by atoms with Crippen LogP contribution in [0.1, 0.15) is 10.4 Å². The van der Waals surface area contributed by atoms with Gasteiger partial charge < -0.3 is 24.3 Å². The third-order valence-electron chi connectivity index (χ3n) is 4.54. The van der Waals surface area contributed by atoms with Crippen LogP contribution < -0.4 is 19.5 Å². The number of ether oxygens (including phenoxy) is 4. The number of rotatable bonds is 7. The summed E-state index contributed by atoms with van der Waals surface area (Å²) in [6.07, 6.45) is 0. The van der Waals surface area contributed by atoms with E-state index in [4.69, 9.17) is 14.2 Å². The molecule has 0 aliphatic carbocycles. The van der Waals surface area contributed by atoms with Gasteiger partial charge in [-0.15, -0.1) is 0 Å². The van der Waals surface area contributed by atoms with Gasteiger partial charge in [0.1, 0.15) is 6.54 Å². The average molecular weight is 410 g/mol. The third kappa shape index (κ3) is 4.12. The molecule has 2 aromatic carbocycles. The molecule has 0 spiro atoms. The molecule has 3 aromatic rings. The predicted octanol–water partition coefficient (Wildman–Crippen LogP) is 2.83. The van der Waals surface area contributed by atoms with E-state index in [1.54, 1.807) is 24.3 Å². The first-order valence-electron chi connectivity index (χ1n) is 9.07. The monoisotopic (exact) mass is 410 g/mol. The van der Waals surface area contributed by atoms with E-state index in [2.05, 4.69) is 15.0 Å². The molecule has 1 N–H and O–H groups in total. The fourth-order valence-electron chi connectivity index (χ4n) is 3.06. The molecule has 0 radical (unpaired) electrons. The zero-order valence-electron chi connectivity index (χ0n) is 17.1. The van der Waals surface area contributed by atoms with Crippen molar-refractivity contribution in [2.24, 2.45) is 0 Å². The summed E-state index contributed by atoms with van der Waals surface area (Å²) in [4.78, 5) is 28.9. The molecule has 1 heterocycles. The summed E-state index contributed by atoms with van der Waals surface area (Å²) in [7, 11) is 5.85. The Bertz CT molecular complexity index is 1070. The Hall–Kier alpha value is -3.81. The van der Waals surface area contributed by atoms with Gasteiger partial charge >= 0.3 is 5.97 Å². The minimum absolute atomic E-state index is 0.231. The molecule has 0 unspecified atom stereocenters. The van der Waals surface area contributed by atoms with Crippen molar-refractivity contribution in [3.05, 3.63) is 48.0 Å². The molecule has 0 bridgehead atoms. The highest BCUT2D eigenvalue weighted by molar-refractivity contribution is 6.07. The van der Waals surface area contributed by atoms with Crippen LogP contribution in [-0.4, -0.2) is 51.8 Å². The predicted molar refractivity (Wildman–Crippen MR) is 111 cm³/mol. The zero-order chi connectivity index (χ0) is 21.7. The summed E-state index contributed by atoms with van der Waals surface area (Å²) in [5.41, 5.74) is 2.23. The molecule has 1 amide bonds. The molecule has 8 heteroatoms. The van der Waals surface area contributed by atoms with Gasteiger partial charge in [0, 0.05) is 10.9 Å². The first-order valence-corrected chi connectivity index (χ1v) is 9.07. The Balaban J connectivity index is 2.14.